The summed E-state index contributed by atoms with van der Waals surface area (Å²) < 4.78 is 12.4. The fourth-order valence-electron chi connectivity index (χ4n) is 8.88. The fourth-order valence-corrected chi connectivity index (χ4v) is 8.88. The van der Waals surface area contributed by atoms with Gasteiger partial charge >= 0.3 is 0 Å². The number of ether oxygens (including phenoxy) is 2. The Morgan fingerprint density at radius 3 is 2.35 bits per heavy atom. The molecule has 9 rings (SSSR count). The molecule has 4 aromatic rings. The standard InChI is InChI=1S/C44H47N7O6/c1-43(2,27-3-8-32(9-4-27)56-24-30-15-18-46-42(48-30)50-20-17-44(26-50)16-19-45-25-44)28-5-10-33(11-6-28)57-34-21-31(22-34)47-29-7-12-35-36(23-29)41(55)51(40(35)54)37-13-14-38(52)49-39(37)53/h3-12,15,18,23,31,34,37,45,47H,13-14,16-17,19-22,24-26H2,1-2H3,(H,49,52,53)/t31?,34?,37-,44-/m1/s1. The molecule has 1 aromatic heterocycles. The van der Waals surface area contributed by atoms with Crippen molar-refractivity contribution in [1.82, 2.24) is 25.5 Å². The highest BCUT2D eigenvalue weighted by molar-refractivity contribution is 6.23. The normalized spacial score (nSPS) is 24.4. The number of anilines is 2. The van der Waals surface area contributed by atoms with E-state index in [0.29, 0.717) is 12.0 Å². The number of amides is 4. The van der Waals surface area contributed by atoms with Crippen LogP contribution >= 0.6 is 0 Å². The number of piperidine rings is 1. The van der Waals surface area contributed by atoms with Crippen LogP contribution in [-0.4, -0.2) is 82.9 Å². The molecule has 13 nitrogen and oxygen atoms in total. The van der Waals surface area contributed by atoms with Crippen LogP contribution in [0.2, 0.25) is 0 Å². The largest absolute Gasteiger partial charge is 0.490 e. The molecule has 0 radical (unpaired) electrons. The summed E-state index contributed by atoms with van der Waals surface area (Å²) in [7, 11) is 0. The number of hydrogen-bond donors (Lipinski definition) is 3. The Labute approximate surface area is 331 Å². The Morgan fingerprint density at radius 1 is 0.895 bits per heavy atom. The molecule has 13 heteroatoms. The van der Waals surface area contributed by atoms with E-state index < -0.39 is 29.7 Å². The van der Waals surface area contributed by atoms with Crippen LogP contribution < -0.4 is 30.3 Å². The summed E-state index contributed by atoms with van der Waals surface area (Å²) in [6.07, 6.45) is 6.05. The Kier molecular flexibility index (Phi) is 9.42. The quantitative estimate of drug-likeness (QED) is 0.177. The average Bonchev–Trinajstić information content (AvgIpc) is 3.91. The molecule has 0 bridgehead atoms. The maximum atomic E-state index is 13.2. The lowest BCUT2D eigenvalue weighted by molar-refractivity contribution is -0.136. The van der Waals surface area contributed by atoms with Crippen LogP contribution in [0.1, 0.15) is 89.9 Å². The van der Waals surface area contributed by atoms with Gasteiger partial charge in [0, 0.05) is 67.7 Å². The number of hydrogen-bond acceptors (Lipinski definition) is 11. The first-order chi connectivity index (χ1) is 27.5. The lowest BCUT2D eigenvalue weighted by atomic mass is 9.78. The molecule has 294 valence electrons. The highest BCUT2D eigenvalue weighted by Gasteiger charge is 2.45. The molecule has 57 heavy (non-hydrogen) atoms. The van der Waals surface area contributed by atoms with Gasteiger partial charge in [-0.25, -0.2) is 9.97 Å². The number of carbonyl (C=O) groups excluding carboxylic acids is 4. The van der Waals surface area contributed by atoms with Crippen LogP contribution in [0.25, 0.3) is 0 Å². The van der Waals surface area contributed by atoms with Gasteiger partial charge in [0.15, 0.2) is 0 Å². The van der Waals surface area contributed by atoms with Crippen LogP contribution in [-0.2, 0) is 21.6 Å². The zero-order valence-electron chi connectivity index (χ0n) is 32.3. The second-order valence-electron chi connectivity index (χ2n) is 16.7. The van der Waals surface area contributed by atoms with Crippen molar-refractivity contribution >= 4 is 35.3 Å². The number of nitrogens with zero attached hydrogens (tertiary/aromatic N) is 4. The minimum absolute atomic E-state index is 0.0466. The molecule has 0 unspecified atom stereocenters. The molecule has 4 fully saturated rings. The van der Waals surface area contributed by atoms with Crippen LogP contribution in [0.3, 0.4) is 0 Å². The molecular weight excluding hydrogens is 723 g/mol. The van der Waals surface area contributed by atoms with Crippen molar-refractivity contribution in [2.24, 2.45) is 5.41 Å². The van der Waals surface area contributed by atoms with Gasteiger partial charge in [-0.05, 0) is 85.5 Å². The molecule has 5 aliphatic rings. The highest BCUT2D eigenvalue weighted by atomic mass is 16.5. The first kappa shape index (κ1) is 36.8. The lowest BCUT2D eigenvalue weighted by Gasteiger charge is -2.36. The van der Waals surface area contributed by atoms with Crippen LogP contribution in [0.4, 0.5) is 11.6 Å². The van der Waals surface area contributed by atoms with Crippen LogP contribution in [0.5, 0.6) is 11.5 Å². The second kappa shape index (κ2) is 14.6. The molecule has 5 heterocycles. The van der Waals surface area contributed by atoms with Crippen molar-refractivity contribution < 1.29 is 28.7 Å². The summed E-state index contributed by atoms with van der Waals surface area (Å²) in [5.41, 5.74) is 4.57. The molecule has 4 amide bonds. The maximum Gasteiger partial charge on any atom is 0.262 e. The minimum Gasteiger partial charge on any atom is -0.490 e. The van der Waals surface area contributed by atoms with E-state index >= 15 is 0 Å². The van der Waals surface area contributed by atoms with E-state index in [-0.39, 0.29) is 41.5 Å². The minimum atomic E-state index is -0.985. The van der Waals surface area contributed by atoms with Gasteiger partial charge in [-0.1, -0.05) is 38.1 Å². The van der Waals surface area contributed by atoms with E-state index in [0.717, 1.165) is 72.7 Å². The van der Waals surface area contributed by atoms with Crippen LogP contribution in [0.15, 0.2) is 79.0 Å². The molecule has 1 aliphatic carbocycles. The van der Waals surface area contributed by atoms with Gasteiger partial charge in [0.05, 0.1) is 16.8 Å². The summed E-state index contributed by atoms with van der Waals surface area (Å²) in [5.74, 6) is 0.343. The third-order valence-corrected chi connectivity index (χ3v) is 12.5. The SMILES string of the molecule is CC(C)(c1ccc(OCc2ccnc(N3CC[C@@]4(CCNC4)C3)n2)cc1)c1ccc(OC2CC(Nc3ccc4c(c3)C(=O)N([C@@H]3CCC(=O)NC3=O)C4=O)C2)cc1. The third kappa shape index (κ3) is 7.20. The number of aromatic nitrogens is 2. The number of fused-ring (bicyclic) bond motifs is 1. The topological polar surface area (TPSA) is 155 Å². The zero-order valence-corrected chi connectivity index (χ0v) is 32.3. The van der Waals surface area contributed by atoms with Gasteiger partial charge in [-0.3, -0.25) is 29.4 Å². The Morgan fingerprint density at radius 2 is 1.63 bits per heavy atom. The third-order valence-electron chi connectivity index (χ3n) is 12.5. The summed E-state index contributed by atoms with van der Waals surface area (Å²) in [4.78, 5) is 62.9. The van der Waals surface area contributed by atoms with E-state index in [9.17, 15) is 19.2 Å². The lowest BCUT2D eigenvalue weighted by Crippen LogP contribution is -2.54. The van der Waals surface area contributed by atoms with Crippen molar-refractivity contribution in [2.75, 3.05) is 36.4 Å². The van der Waals surface area contributed by atoms with E-state index in [2.05, 4.69) is 63.9 Å². The first-order valence-corrected chi connectivity index (χ1v) is 19.9. The van der Waals surface area contributed by atoms with Crippen molar-refractivity contribution in [3.63, 3.8) is 0 Å². The molecule has 2 atom stereocenters. The molecule has 4 aliphatic heterocycles. The van der Waals surface area contributed by atoms with Gasteiger partial charge in [0.2, 0.25) is 17.8 Å². The predicted molar refractivity (Wildman–Crippen MR) is 212 cm³/mol. The number of carbonyl (C=O) groups is 4. The molecule has 3 N–H and O–H groups in total. The van der Waals surface area contributed by atoms with Crippen molar-refractivity contribution in [3.8, 4) is 11.5 Å². The Bertz CT molecular complexity index is 2210. The van der Waals surface area contributed by atoms with Gasteiger partial charge in [0.25, 0.3) is 11.8 Å². The number of imide groups is 2. The summed E-state index contributed by atoms with van der Waals surface area (Å²) in [5, 5.41) is 9.19. The number of rotatable bonds is 11. The molecule has 1 saturated carbocycles. The van der Waals surface area contributed by atoms with Crippen molar-refractivity contribution in [3.05, 3.63) is 107 Å². The number of nitrogens with one attached hydrogen (secondary N) is 3. The van der Waals surface area contributed by atoms with Gasteiger partial charge in [-0.2, -0.15) is 0 Å². The molecule has 1 spiro atoms. The van der Waals surface area contributed by atoms with E-state index in [4.69, 9.17) is 14.5 Å². The van der Waals surface area contributed by atoms with Crippen LogP contribution in [0, 0.1) is 5.41 Å². The zero-order chi connectivity index (χ0) is 39.3. The van der Waals surface area contributed by atoms with Gasteiger partial charge in [-0.15, -0.1) is 0 Å². The molecule has 3 saturated heterocycles. The van der Waals surface area contributed by atoms with E-state index in [1.54, 1.807) is 18.2 Å². The summed E-state index contributed by atoms with van der Waals surface area (Å²) in [6.45, 7) is 8.97. The van der Waals surface area contributed by atoms with Gasteiger partial charge < -0.3 is 25.0 Å². The summed E-state index contributed by atoms with van der Waals surface area (Å²) >= 11 is 0. The molecular formula is C44H47N7O6. The molecule has 3 aromatic carbocycles. The van der Waals surface area contributed by atoms with E-state index in [1.165, 1.54) is 24.0 Å². The van der Waals surface area contributed by atoms with Gasteiger partial charge in [0.1, 0.15) is 30.3 Å². The van der Waals surface area contributed by atoms with Crippen molar-refractivity contribution in [1.29, 1.82) is 0 Å². The average molecular weight is 770 g/mol. The Hall–Kier alpha value is -5.82. The maximum absolute atomic E-state index is 13.2. The summed E-state index contributed by atoms with van der Waals surface area (Å²) in [6, 6.07) is 22.7. The highest BCUT2D eigenvalue weighted by Crippen LogP contribution is 2.38. The Balaban J connectivity index is 0.748. The monoisotopic (exact) mass is 769 g/mol. The second-order valence-corrected chi connectivity index (χ2v) is 16.7. The first-order valence-electron chi connectivity index (χ1n) is 19.9. The van der Waals surface area contributed by atoms with E-state index in [1.807, 2.05) is 36.5 Å². The van der Waals surface area contributed by atoms with Crippen molar-refractivity contribution in [2.45, 2.75) is 82.6 Å². The smallest absolute Gasteiger partial charge is 0.262 e. The predicted octanol–water partition coefficient (Wildman–Crippen LogP) is 4.99. The fraction of sp³-hybridized carbons (Fsp3) is 0.409. The number of benzene rings is 3.